The first-order chi connectivity index (χ1) is 14.3. The van der Waals surface area contributed by atoms with Crippen LogP contribution in [0, 0.1) is 0 Å². The molecule has 30 heavy (non-hydrogen) atoms. The van der Waals surface area contributed by atoms with Crippen LogP contribution in [-0.2, 0) is 21.9 Å². The molecule has 0 spiro atoms. The van der Waals surface area contributed by atoms with Crippen LogP contribution in [0.3, 0.4) is 0 Å². The van der Waals surface area contributed by atoms with Crippen LogP contribution in [0.4, 0.5) is 0 Å². The number of nitrogens with zero attached hydrogens (tertiary/aromatic N) is 1. The van der Waals surface area contributed by atoms with E-state index in [1.807, 2.05) is 62.4 Å². The lowest BCUT2D eigenvalue weighted by molar-refractivity contribution is -0.138. The third-order valence-corrected chi connectivity index (χ3v) is 6.03. The molecule has 0 saturated heterocycles. The van der Waals surface area contributed by atoms with Crippen molar-refractivity contribution in [2.75, 3.05) is 12.9 Å². The summed E-state index contributed by atoms with van der Waals surface area (Å²) in [5, 5.41) is 2.91. The number of thioether (sulfide) groups is 1. The fourth-order valence-corrected chi connectivity index (χ4v) is 3.97. The van der Waals surface area contributed by atoms with Crippen molar-refractivity contribution in [3.63, 3.8) is 0 Å². The zero-order valence-corrected chi connectivity index (χ0v) is 20.3. The van der Waals surface area contributed by atoms with E-state index in [0.29, 0.717) is 18.1 Å². The van der Waals surface area contributed by atoms with Crippen molar-refractivity contribution in [2.24, 2.45) is 0 Å². The summed E-state index contributed by atoms with van der Waals surface area (Å²) in [5.41, 5.74) is 2.11. The Morgan fingerprint density at radius 3 is 2.20 bits per heavy atom. The Kier molecular flexibility index (Phi) is 9.72. The molecule has 0 aliphatic carbocycles. The highest BCUT2D eigenvalue weighted by atomic mass is 79.9. The van der Waals surface area contributed by atoms with Gasteiger partial charge in [-0.3, -0.25) is 9.59 Å². The number of ether oxygens (including phenoxy) is 1. The van der Waals surface area contributed by atoms with E-state index in [1.165, 1.54) is 0 Å². The molecule has 7 heteroatoms. The highest BCUT2D eigenvalue weighted by Gasteiger charge is 2.26. The Morgan fingerprint density at radius 1 is 1.03 bits per heavy atom. The maximum Gasteiger partial charge on any atom is 0.242 e. The number of rotatable bonds is 10. The lowest BCUT2D eigenvalue weighted by atomic mass is 10.1. The van der Waals surface area contributed by atoms with Crippen LogP contribution >= 0.6 is 27.7 Å². The van der Waals surface area contributed by atoms with E-state index in [-0.39, 0.29) is 17.9 Å². The van der Waals surface area contributed by atoms with E-state index in [1.54, 1.807) is 30.7 Å². The predicted octanol–water partition coefficient (Wildman–Crippen LogP) is 4.63. The molecule has 2 aromatic rings. The Labute approximate surface area is 191 Å². The van der Waals surface area contributed by atoms with Gasteiger partial charge in [0.1, 0.15) is 11.8 Å². The molecule has 2 rings (SSSR count). The van der Waals surface area contributed by atoms with Crippen molar-refractivity contribution < 1.29 is 14.3 Å². The molecule has 2 aromatic carbocycles. The van der Waals surface area contributed by atoms with Gasteiger partial charge >= 0.3 is 0 Å². The van der Waals surface area contributed by atoms with Crippen molar-refractivity contribution in [2.45, 2.75) is 45.2 Å². The summed E-state index contributed by atoms with van der Waals surface area (Å²) in [7, 11) is 1.64. The highest BCUT2D eigenvalue weighted by Crippen LogP contribution is 2.19. The molecule has 0 aromatic heterocycles. The molecule has 0 fully saturated rings. The number of methoxy groups -OCH3 is 1. The first-order valence-corrected chi connectivity index (χ1v) is 11.8. The van der Waals surface area contributed by atoms with Crippen molar-refractivity contribution in [1.82, 2.24) is 10.2 Å². The SMILES string of the molecule is COc1ccc(CSCC(=O)N(Cc2ccc(Br)cc2)[C@@H](C)C(=O)NC(C)C)cc1. The summed E-state index contributed by atoms with van der Waals surface area (Å²) in [4.78, 5) is 27.3. The monoisotopic (exact) mass is 492 g/mol. The van der Waals surface area contributed by atoms with Gasteiger partial charge in [-0.05, 0) is 56.2 Å². The average molecular weight is 493 g/mol. The van der Waals surface area contributed by atoms with Gasteiger partial charge in [0, 0.05) is 22.8 Å². The Morgan fingerprint density at radius 2 is 1.63 bits per heavy atom. The molecule has 1 atom stereocenters. The second-order valence-corrected chi connectivity index (χ2v) is 9.23. The number of nitrogens with one attached hydrogen (secondary N) is 1. The summed E-state index contributed by atoms with van der Waals surface area (Å²) in [5.74, 6) is 1.64. The Hall–Kier alpha value is -1.99. The van der Waals surface area contributed by atoms with Gasteiger partial charge in [0.15, 0.2) is 0 Å². The third-order valence-electron chi connectivity index (χ3n) is 4.52. The van der Waals surface area contributed by atoms with E-state index in [0.717, 1.165) is 21.3 Å². The zero-order chi connectivity index (χ0) is 22.1. The third kappa shape index (κ3) is 7.69. The number of carbonyl (C=O) groups excluding carboxylic acids is 2. The van der Waals surface area contributed by atoms with Gasteiger partial charge in [0.2, 0.25) is 11.8 Å². The second-order valence-electron chi connectivity index (χ2n) is 7.33. The quantitative estimate of drug-likeness (QED) is 0.524. The van der Waals surface area contributed by atoms with Crippen LogP contribution in [0.15, 0.2) is 53.0 Å². The maximum absolute atomic E-state index is 13.0. The van der Waals surface area contributed by atoms with Gasteiger partial charge in [-0.15, -0.1) is 11.8 Å². The molecular weight excluding hydrogens is 464 g/mol. The molecule has 162 valence electrons. The van der Waals surface area contributed by atoms with Crippen LogP contribution < -0.4 is 10.1 Å². The molecule has 0 aliphatic rings. The first kappa shape index (κ1) is 24.3. The number of amides is 2. The molecule has 0 aliphatic heterocycles. The minimum atomic E-state index is -0.551. The van der Waals surface area contributed by atoms with Crippen LogP contribution in [0.5, 0.6) is 5.75 Å². The van der Waals surface area contributed by atoms with Gasteiger partial charge in [-0.2, -0.15) is 0 Å². The minimum Gasteiger partial charge on any atom is -0.497 e. The number of hydrogen-bond donors (Lipinski definition) is 1. The Bertz CT molecular complexity index is 825. The van der Waals surface area contributed by atoms with Crippen molar-refractivity contribution in [3.05, 3.63) is 64.1 Å². The fourth-order valence-electron chi connectivity index (χ4n) is 2.84. The molecule has 0 heterocycles. The normalized spacial score (nSPS) is 11.8. The van der Waals surface area contributed by atoms with Gasteiger partial charge < -0.3 is 15.0 Å². The summed E-state index contributed by atoms with van der Waals surface area (Å²) < 4.78 is 6.15. The molecule has 0 unspecified atom stereocenters. The number of carbonyl (C=O) groups is 2. The number of benzene rings is 2. The molecular formula is C23H29BrN2O3S. The second kappa shape index (κ2) is 12.0. The molecule has 0 radical (unpaired) electrons. The lowest BCUT2D eigenvalue weighted by Gasteiger charge is -2.29. The van der Waals surface area contributed by atoms with Crippen LogP contribution in [-0.4, -0.2) is 41.7 Å². The highest BCUT2D eigenvalue weighted by molar-refractivity contribution is 9.10. The van der Waals surface area contributed by atoms with Gasteiger partial charge in [-0.1, -0.05) is 40.2 Å². The first-order valence-electron chi connectivity index (χ1n) is 9.85. The largest absolute Gasteiger partial charge is 0.497 e. The van der Waals surface area contributed by atoms with E-state index in [9.17, 15) is 9.59 Å². The Balaban J connectivity index is 2.04. The van der Waals surface area contributed by atoms with Crippen LogP contribution in [0.1, 0.15) is 31.9 Å². The average Bonchev–Trinajstić information content (AvgIpc) is 2.72. The van der Waals surface area contributed by atoms with Crippen molar-refractivity contribution in [3.8, 4) is 5.75 Å². The topological polar surface area (TPSA) is 58.6 Å². The number of halogens is 1. The van der Waals surface area contributed by atoms with E-state index >= 15 is 0 Å². The molecule has 1 N–H and O–H groups in total. The van der Waals surface area contributed by atoms with E-state index in [2.05, 4.69) is 21.2 Å². The van der Waals surface area contributed by atoms with Gasteiger partial charge in [-0.25, -0.2) is 0 Å². The van der Waals surface area contributed by atoms with Crippen LogP contribution in [0.2, 0.25) is 0 Å². The summed E-state index contributed by atoms with van der Waals surface area (Å²) in [6.07, 6.45) is 0. The van der Waals surface area contributed by atoms with Crippen LogP contribution in [0.25, 0.3) is 0 Å². The van der Waals surface area contributed by atoms with Gasteiger partial charge in [0.25, 0.3) is 0 Å². The molecule has 5 nitrogen and oxygen atoms in total. The lowest BCUT2D eigenvalue weighted by Crippen LogP contribution is -2.49. The molecule has 0 saturated carbocycles. The van der Waals surface area contributed by atoms with E-state index in [4.69, 9.17) is 4.74 Å². The molecule has 0 bridgehead atoms. The van der Waals surface area contributed by atoms with Crippen molar-refractivity contribution in [1.29, 1.82) is 0 Å². The standard InChI is InChI=1S/C23H29BrN2O3S/c1-16(2)25-23(28)17(3)26(13-18-5-9-20(24)10-6-18)22(27)15-30-14-19-7-11-21(29-4)12-8-19/h5-12,16-17H,13-15H2,1-4H3,(H,25,28)/t17-/m0/s1. The minimum absolute atomic E-state index is 0.0222. The van der Waals surface area contributed by atoms with Crippen molar-refractivity contribution >= 4 is 39.5 Å². The summed E-state index contributed by atoms with van der Waals surface area (Å²) >= 11 is 4.97. The fraction of sp³-hybridized carbons (Fsp3) is 0.391. The number of hydrogen-bond acceptors (Lipinski definition) is 4. The summed E-state index contributed by atoms with van der Waals surface area (Å²) in [6, 6.07) is 15.1. The zero-order valence-electron chi connectivity index (χ0n) is 17.9. The predicted molar refractivity (Wildman–Crippen MR) is 127 cm³/mol. The van der Waals surface area contributed by atoms with E-state index < -0.39 is 6.04 Å². The summed E-state index contributed by atoms with van der Waals surface area (Å²) in [6.45, 7) is 6.00. The molecule has 2 amide bonds. The maximum atomic E-state index is 13.0. The van der Waals surface area contributed by atoms with Gasteiger partial charge in [0.05, 0.1) is 12.9 Å². The smallest absolute Gasteiger partial charge is 0.242 e.